The van der Waals surface area contributed by atoms with Gasteiger partial charge in [0.25, 0.3) is 0 Å². The first-order chi connectivity index (χ1) is 11.4. The van der Waals surface area contributed by atoms with Crippen LogP contribution in [0.4, 0.5) is 14.5 Å². The van der Waals surface area contributed by atoms with Gasteiger partial charge in [0, 0.05) is 32.2 Å². The molecule has 128 valence electrons. The predicted molar refractivity (Wildman–Crippen MR) is 88.7 cm³/mol. The Kier molecular flexibility index (Phi) is 3.32. The largest absolute Gasteiger partial charge is 0.487 e. The predicted octanol–water partition coefficient (Wildman–Crippen LogP) is 1.95. The van der Waals surface area contributed by atoms with Crippen LogP contribution in [-0.4, -0.2) is 62.0 Å². The molecule has 3 heterocycles. The molecule has 3 aliphatic heterocycles. The fourth-order valence-corrected chi connectivity index (χ4v) is 3.63. The van der Waals surface area contributed by atoms with Crippen molar-refractivity contribution >= 4 is 11.5 Å². The van der Waals surface area contributed by atoms with Crippen LogP contribution in [0.15, 0.2) is 17.4 Å². The summed E-state index contributed by atoms with van der Waals surface area (Å²) in [7, 11) is 3.73. The molecule has 4 rings (SSSR count). The monoisotopic (exact) mass is 334 g/mol. The van der Waals surface area contributed by atoms with Crippen molar-refractivity contribution in [3.8, 4) is 5.75 Å². The zero-order valence-corrected chi connectivity index (χ0v) is 14.1. The Bertz CT molecular complexity index is 777. The van der Waals surface area contributed by atoms with E-state index in [2.05, 4.69) is 21.4 Å². The van der Waals surface area contributed by atoms with E-state index in [-0.39, 0.29) is 17.4 Å². The second kappa shape index (κ2) is 5.17. The lowest BCUT2D eigenvalue weighted by molar-refractivity contribution is 0.112. The summed E-state index contributed by atoms with van der Waals surface area (Å²) in [6, 6.07) is 0.0433. The van der Waals surface area contributed by atoms with Crippen LogP contribution in [0.5, 0.6) is 5.75 Å². The van der Waals surface area contributed by atoms with Crippen LogP contribution in [0.1, 0.15) is 11.1 Å². The third-order valence-corrected chi connectivity index (χ3v) is 5.09. The smallest absolute Gasteiger partial charge is 0.171 e. The second-order valence-electron chi connectivity index (χ2n) is 6.64. The van der Waals surface area contributed by atoms with Gasteiger partial charge in [0.05, 0.1) is 17.3 Å². The summed E-state index contributed by atoms with van der Waals surface area (Å²) in [6.45, 7) is 8.07. The summed E-state index contributed by atoms with van der Waals surface area (Å²) in [5, 5.41) is 0. The number of anilines is 1. The highest BCUT2D eigenvalue weighted by molar-refractivity contribution is 6.09. The van der Waals surface area contributed by atoms with E-state index in [1.54, 1.807) is 11.9 Å². The molecule has 0 N–H and O–H groups in total. The first-order valence-corrected chi connectivity index (χ1v) is 8.01. The lowest BCUT2D eigenvalue weighted by atomic mass is 10.0. The number of nitrogens with zero attached hydrogens (tertiary/aromatic N) is 4. The van der Waals surface area contributed by atoms with Crippen LogP contribution in [0.3, 0.4) is 0 Å². The molecule has 0 saturated carbocycles. The Labute approximate surface area is 139 Å². The zero-order valence-electron chi connectivity index (χ0n) is 14.1. The summed E-state index contributed by atoms with van der Waals surface area (Å²) in [4.78, 5) is 10.4. The standard InChI is InChI=1S/C17H20F2N4O/c1-9-13(18)15-12-16(14(9)19)24-8-11-7-21(3)5-6-23(11)17(12)20-10(2)22(15)4/h11H,2,5-8H2,1,3-4H3. The van der Waals surface area contributed by atoms with E-state index in [1.165, 1.54) is 6.92 Å². The minimum absolute atomic E-state index is 0.0401. The second-order valence-corrected chi connectivity index (χ2v) is 6.64. The molecule has 1 aromatic carbocycles. The Morgan fingerprint density at radius 2 is 1.96 bits per heavy atom. The molecule has 7 heteroatoms. The van der Waals surface area contributed by atoms with Gasteiger partial charge in [-0.15, -0.1) is 0 Å². The van der Waals surface area contributed by atoms with Crippen molar-refractivity contribution in [2.45, 2.75) is 13.0 Å². The number of ether oxygens (including phenoxy) is 1. The number of rotatable bonds is 0. The maximum Gasteiger partial charge on any atom is 0.171 e. The highest BCUT2D eigenvalue weighted by Gasteiger charge is 2.40. The van der Waals surface area contributed by atoms with Crippen LogP contribution in [0.25, 0.3) is 0 Å². The Morgan fingerprint density at radius 1 is 1.21 bits per heavy atom. The number of amidine groups is 1. The van der Waals surface area contributed by atoms with Crippen molar-refractivity contribution in [1.29, 1.82) is 0 Å². The van der Waals surface area contributed by atoms with Crippen molar-refractivity contribution in [2.75, 3.05) is 45.2 Å². The third kappa shape index (κ3) is 1.97. The lowest BCUT2D eigenvalue weighted by Crippen LogP contribution is -2.56. The van der Waals surface area contributed by atoms with E-state index in [4.69, 9.17) is 4.74 Å². The van der Waals surface area contributed by atoms with Crippen LogP contribution < -0.4 is 9.64 Å². The van der Waals surface area contributed by atoms with Gasteiger partial charge in [0.15, 0.2) is 17.4 Å². The first kappa shape index (κ1) is 15.4. The molecule has 1 unspecified atom stereocenters. The quantitative estimate of drug-likeness (QED) is 0.726. The molecule has 0 radical (unpaired) electrons. The highest BCUT2D eigenvalue weighted by Crippen LogP contribution is 2.43. The number of fused-ring (bicyclic) bond motifs is 2. The number of benzene rings is 1. The van der Waals surface area contributed by atoms with Crippen molar-refractivity contribution < 1.29 is 13.5 Å². The minimum Gasteiger partial charge on any atom is -0.487 e. The van der Waals surface area contributed by atoms with Crippen LogP contribution in [-0.2, 0) is 0 Å². The number of halogens is 2. The molecule has 3 aliphatic rings. The van der Waals surface area contributed by atoms with E-state index in [9.17, 15) is 8.78 Å². The molecule has 0 aromatic heterocycles. The van der Waals surface area contributed by atoms with Gasteiger partial charge in [-0.1, -0.05) is 6.58 Å². The number of piperazine rings is 1. The molecular weight excluding hydrogens is 314 g/mol. The molecular formula is C17H20F2N4O. The molecule has 1 atom stereocenters. The molecule has 1 aromatic rings. The van der Waals surface area contributed by atoms with Crippen LogP contribution in [0, 0.1) is 18.6 Å². The maximum absolute atomic E-state index is 14.8. The Balaban J connectivity index is 1.98. The SMILES string of the molecule is C=C1N=C2c3c(c(F)c(C)c(F)c3N1C)OCC1CN(C)CCN21. The van der Waals surface area contributed by atoms with Crippen molar-refractivity contribution in [3.63, 3.8) is 0 Å². The lowest BCUT2D eigenvalue weighted by Gasteiger charge is -2.41. The number of hydrogen-bond donors (Lipinski definition) is 0. The van der Waals surface area contributed by atoms with Crippen LogP contribution >= 0.6 is 0 Å². The maximum atomic E-state index is 14.8. The molecule has 0 bridgehead atoms. The van der Waals surface area contributed by atoms with E-state index < -0.39 is 11.6 Å². The summed E-state index contributed by atoms with van der Waals surface area (Å²) in [6.07, 6.45) is 0. The van der Waals surface area contributed by atoms with E-state index in [0.717, 1.165) is 19.6 Å². The molecule has 24 heavy (non-hydrogen) atoms. The summed E-state index contributed by atoms with van der Waals surface area (Å²) in [5.74, 6) is -0.130. The van der Waals surface area contributed by atoms with Gasteiger partial charge < -0.3 is 19.4 Å². The highest BCUT2D eigenvalue weighted by atomic mass is 19.1. The van der Waals surface area contributed by atoms with E-state index >= 15 is 0 Å². The molecule has 5 nitrogen and oxygen atoms in total. The Morgan fingerprint density at radius 3 is 2.71 bits per heavy atom. The molecule has 1 saturated heterocycles. The summed E-state index contributed by atoms with van der Waals surface area (Å²) < 4.78 is 35.4. The van der Waals surface area contributed by atoms with E-state index in [1.807, 2.05) is 7.05 Å². The summed E-state index contributed by atoms with van der Waals surface area (Å²) in [5.41, 5.74) is 0.651. The fourth-order valence-electron chi connectivity index (χ4n) is 3.63. The molecule has 1 fully saturated rings. The van der Waals surface area contributed by atoms with Gasteiger partial charge in [-0.2, -0.15) is 0 Å². The van der Waals surface area contributed by atoms with Gasteiger partial charge in [0.1, 0.15) is 18.3 Å². The zero-order chi connectivity index (χ0) is 17.2. The van der Waals surface area contributed by atoms with Gasteiger partial charge in [0.2, 0.25) is 0 Å². The molecule has 0 amide bonds. The molecule has 0 spiro atoms. The number of hydrogen-bond acceptors (Lipinski definition) is 5. The van der Waals surface area contributed by atoms with E-state index in [0.29, 0.717) is 29.5 Å². The first-order valence-electron chi connectivity index (χ1n) is 8.01. The van der Waals surface area contributed by atoms with Gasteiger partial charge in [-0.3, -0.25) is 0 Å². The normalized spacial score (nSPS) is 23.3. The van der Waals surface area contributed by atoms with Crippen molar-refractivity contribution in [3.05, 3.63) is 35.2 Å². The molecule has 0 aliphatic carbocycles. The number of aliphatic imine (C=N–C) groups is 1. The number of likely N-dealkylation sites (N-methyl/N-ethyl adjacent to an activating group) is 1. The Hall–Kier alpha value is -2.15. The summed E-state index contributed by atoms with van der Waals surface area (Å²) >= 11 is 0. The topological polar surface area (TPSA) is 31.3 Å². The minimum atomic E-state index is -0.645. The van der Waals surface area contributed by atoms with Crippen molar-refractivity contribution in [2.24, 2.45) is 4.99 Å². The van der Waals surface area contributed by atoms with Crippen molar-refractivity contribution in [1.82, 2.24) is 9.80 Å². The van der Waals surface area contributed by atoms with Crippen LogP contribution in [0.2, 0.25) is 0 Å². The average molecular weight is 334 g/mol. The average Bonchev–Trinajstić information content (AvgIpc) is 2.70. The third-order valence-electron chi connectivity index (χ3n) is 5.09. The van der Waals surface area contributed by atoms with Gasteiger partial charge in [-0.25, -0.2) is 13.8 Å². The van der Waals surface area contributed by atoms with Gasteiger partial charge >= 0.3 is 0 Å². The fraction of sp³-hybridized carbons (Fsp3) is 0.471. The van der Waals surface area contributed by atoms with Gasteiger partial charge in [-0.05, 0) is 14.0 Å².